The molecule has 0 saturated heterocycles. The van der Waals surface area contributed by atoms with Crippen molar-refractivity contribution in [3.8, 4) is 0 Å². The molecule has 0 bridgehead atoms. The minimum atomic E-state index is -0.179. The van der Waals surface area contributed by atoms with Crippen molar-refractivity contribution >= 4 is 11.9 Å². The Morgan fingerprint density at radius 1 is 1.17 bits per heavy atom. The zero-order valence-electron chi connectivity index (χ0n) is 15.1. The SMILES string of the molecule is CNC(=O)CC(C)N(C)C(=O)NCc1ccc(C(C)(C)C)cc1. The molecule has 1 unspecified atom stereocenters. The van der Waals surface area contributed by atoms with Crippen molar-refractivity contribution < 1.29 is 9.59 Å². The van der Waals surface area contributed by atoms with E-state index in [0.29, 0.717) is 13.0 Å². The fourth-order valence-corrected chi connectivity index (χ4v) is 2.13. The van der Waals surface area contributed by atoms with Crippen molar-refractivity contribution in [3.63, 3.8) is 0 Å². The van der Waals surface area contributed by atoms with Gasteiger partial charge in [0.1, 0.15) is 0 Å². The molecule has 0 radical (unpaired) electrons. The minimum absolute atomic E-state index is 0.0741. The lowest BCUT2D eigenvalue weighted by atomic mass is 9.87. The van der Waals surface area contributed by atoms with Gasteiger partial charge in [0, 0.05) is 33.1 Å². The Balaban J connectivity index is 2.54. The van der Waals surface area contributed by atoms with Gasteiger partial charge >= 0.3 is 6.03 Å². The van der Waals surface area contributed by atoms with Crippen molar-refractivity contribution in [2.24, 2.45) is 0 Å². The summed E-state index contributed by atoms with van der Waals surface area (Å²) in [6.07, 6.45) is 0.292. The Hall–Kier alpha value is -2.04. The molecule has 0 aliphatic carbocycles. The second-order valence-electron chi connectivity index (χ2n) is 6.94. The molecule has 128 valence electrons. The monoisotopic (exact) mass is 319 g/mol. The molecule has 1 aromatic rings. The summed E-state index contributed by atoms with van der Waals surface area (Å²) in [5, 5.41) is 5.45. The lowest BCUT2D eigenvalue weighted by molar-refractivity contribution is -0.121. The third kappa shape index (κ3) is 5.93. The van der Waals surface area contributed by atoms with Gasteiger partial charge in [-0.2, -0.15) is 0 Å². The summed E-state index contributed by atoms with van der Waals surface area (Å²) in [5.41, 5.74) is 2.44. The Labute approximate surface area is 139 Å². The first kappa shape index (κ1) is 19.0. The van der Waals surface area contributed by atoms with Gasteiger partial charge in [-0.15, -0.1) is 0 Å². The van der Waals surface area contributed by atoms with Gasteiger partial charge in [-0.3, -0.25) is 4.79 Å². The van der Waals surface area contributed by atoms with E-state index in [1.165, 1.54) is 5.56 Å². The first-order valence-corrected chi connectivity index (χ1v) is 7.95. The van der Waals surface area contributed by atoms with Crippen LogP contribution in [0.1, 0.15) is 45.2 Å². The van der Waals surface area contributed by atoms with E-state index < -0.39 is 0 Å². The van der Waals surface area contributed by atoms with Crippen LogP contribution >= 0.6 is 0 Å². The summed E-state index contributed by atoms with van der Waals surface area (Å²) >= 11 is 0. The van der Waals surface area contributed by atoms with Crippen LogP contribution in [0.5, 0.6) is 0 Å². The first-order chi connectivity index (χ1) is 10.6. The van der Waals surface area contributed by atoms with Crippen LogP contribution in [-0.2, 0) is 16.8 Å². The fourth-order valence-electron chi connectivity index (χ4n) is 2.13. The molecule has 2 N–H and O–H groups in total. The van der Waals surface area contributed by atoms with E-state index in [4.69, 9.17) is 0 Å². The van der Waals surface area contributed by atoms with Crippen LogP contribution < -0.4 is 10.6 Å². The van der Waals surface area contributed by atoms with E-state index in [9.17, 15) is 9.59 Å². The van der Waals surface area contributed by atoms with Gasteiger partial charge in [0.2, 0.25) is 5.91 Å². The molecular weight excluding hydrogens is 290 g/mol. The van der Waals surface area contributed by atoms with Crippen LogP contribution in [-0.4, -0.2) is 37.0 Å². The predicted molar refractivity (Wildman–Crippen MR) is 93.3 cm³/mol. The van der Waals surface area contributed by atoms with Gasteiger partial charge < -0.3 is 15.5 Å². The highest BCUT2D eigenvalue weighted by molar-refractivity contribution is 5.78. The number of rotatable bonds is 5. The van der Waals surface area contributed by atoms with Crippen LogP contribution in [0.15, 0.2) is 24.3 Å². The predicted octanol–water partition coefficient (Wildman–Crippen LogP) is 2.65. The molecule has 0 saturated carbocycles. The van der Waals surface area contributed by atoms with Gasteiger partial charge in [-0.1, -0.05) is 45.0 Å². The molecule has 1 atom stereocenters. The van der Waals surface area contributed by atoms with Crippen LogP contribution in [0.4, 0.5) is 4.79 Å². The smallest absolute Gasteiger partial charge is 0.317 e. The van der Waals surface area contributed by atoms with Crippen molar-refractivity contribution in [2.45, 2.75) is 52.1 Å². The maximum atomic E-state index is 12.1. The van der Waals surface area contributed by atoms with E-state index in [0.717, 1.165) is 5.56 Å². The van der Waals surface area contributed by atoms with Crippen LogP contribution in [0, 0.1) is 0 Å². The van der Waals surface area contributed by atoms with Crippen molar-refractivity contribution in [3.05, 3.63) is 35.4 Å². The summed E-state index contributed by atoms with van der Waals surface area (Å²) < 4.78 is 0. The van der Waals surface area contributed by atoms with E-state index in [1.54, 1.807) is 19.0 Å². The lowest BCUT2D eigenvalue weighted by Crippen LogP contribution is -2.43. The number of carbonyl (C=O) groups excluding carboxylic acids is 2. The first-order valence-electron chi connectivity index (χ1n) is 7.95. The highest BCUT2D eigenvalue weighted by atomic mass is 16.2. The lowest BCUT2D eigenvalue weighted by Gasteiger charge is -2.25. The van der Waals surface area contributed by atoms with E-state index >= 15 is 0 Å². The molecule has 0 spiro atoms. The topological polar surface area (TPSA) is 61.4 Å². The summed E-state index contributed by atoms with van der Waals surface area (Å²) in [6, 6.07) is 7.93. The van der Waals surface area contributed by atoms with Gasteiger partial charge in [0.25, 0.3) is 0 Å². The minimum Gasteiger partial charge on any atom is -0.359 e. The van der Waals surface area contributed by atoms with Gasteiger partial charge in [-0.25, -0.2) is 4.79 Å². The second kappa shape index (κ2) is 7.99. The van der Waals surface area contributed by atoms with E-state index in [1.807, 2.05) is 19.1 Å². The molecule has 0 aliphatic heterocycles. The van der Waals surface area contributed by atoms with Crippen molar-refractivity contribution in [2.75, 3.05) is 14.1 Å². The molecule has 23 heavy (non-hydrogen) atoms. The zero-order valence-corrected chi connectivity index (χ0v) is 15.1. The van der Waals surface area contributed by atoms with Gasteiger partial charge in [0.05, 0.1) is 0 Å². The summed E-state index contributed by atoms with van der Waals surface area (Å²) in [7, 11) is 3.29. The molecule has 5 heteroatoms. The van der Waals surface area contributed by atoms with Crippen LogP contribution in [0.3, 0.4) is 0 Å². The summed E-state index contributed by atoms with van der Waals surface area (Å²) in [6.45, 7) is 8.85. The molecule has 0 fully saturated rings. The number of hydrogen-bond acceptors (Lipinski definition) is 2. The largest absolute Gasteiger partial charge is 0.359 e. The van der Waals surface area contributed by atoms with Gasteiger partial charge in [-0.05, 0) is 23.5 Å². The van der Waals surface area contributed by atoms with Crippen molar-refractivity contribution in [1.29, 1.82) is 0 Å². The highest BCUT2D eigenvalue weighted by Crippen LogP contribution is 2.22. The third-order valence-corrected chi connectivity index (χ3v) is 4.00. The average molecular weight is 319 g/mol. The van der Waals surface area contributed by atoms with Crippen LogP contribution in [0.25, 0.3) is 0 Å². The zero-order chi connectivity index (χ0) is 17.6. The Kier molecular flexibility index (Phi) is 6.61. The molecule has 0 aliphatic rings. The molecule has 0 heterocycles. The standard InChI is InChI=1S/C18H29N3O2/c1-13(11-16(22)19-5)21(6)17(23)20-12-14-7-9-15(10-8-14)18(2,3)4/h7-10,13H,11-12H2,1-6H3,(H,19,22)(H,20,23). The highest BCUT2D eigenvalue weighted by Gasteiger charge is 2.18. The second-order valence-corrected chi connectivity index (χ2v) is 6.94. The number of urea groups is 1. The Morgan fingerprint density at radius 3 is 2.22 bits per heavy atom. The van der Waals surface area contributed by atoms with Crippen LogP contribution in [0.2, 0.25) is 0 Å². The summed E-state index contributed by atoms with van der Waals surface area (Å²) in [5.74, 6) is -0.0741. The molecule has 1 rings (SSSR count). The van der Waals surface area contributed by atoms with E-state index in [-0.39, 0.29) is 23.4 Å². The average Bonchev–Trinajstić information content (AvgIpc) is 2.51. The number of hydrogen-bond donors (Lipinski definition) is 2. The number of amides is 3. The van der Waals surface area contributed by atoms with E-state index in [2.05, 4.69) is 43.5 Å². The number of carbonyl (C=O) groups is 2. The third-order valence-electron chi connectivity index (χ3n) is 4.00. The van der Waals surface area contributed by atoms with Gasteiger partial charge in [0.15, 0.2) is 0 Å². The molecule has 0 aromatic heterocycles. The fraction of sp³-hybridized carbons (Fsp3) is 0.556. The maximum Gasteiger partial charge on any atom is 0.317 e. The Morgan fingerprint density at radius 2 is 1.74 bits per heavy atom. The number of nitrogens with zero attached hydrogens (tertiary/aromatic N) is 1. The number of benzene rings is 1. The summed E-state index contributed by atoms with van der Waals surface area (Å²) in [4.78, 5) is 25.1. The quantitative estimate of drug-likeness (QED) is 0.876. The number of nitrogens with one attached hydrogen (secondary N) is 2. The molecule has 1 aromatic carbocycles. The maximum absolute atomic E-state index is 12.1. The molecule has 3 amide bonds. The normalized spacial score (nSPS) is 12.4. The molecular formula is C18H29N3O2. The van der Waals surface area contributed by atoms with Crippen molar-refractivity contribution in [1.82, 2.24) is 15.5 Å². The molecule has 5 nitrogen and oxygen atoms in total. The Bertz CT molecular complexity index is 532.